The molecule has 2 atom stereocenters. The molecule has 32 heavy (non-hydrogen) atoms. The van der Waals surface area contributed by atoms with Crippen molar-refractivity contribution in [2.75, 3.05) is 20.1 Å². The van der Waals surface area contributed by atoms with Gasteiger partial charge in [0.2, 0.25) is 0 Å². The monoisotopic (exact) mass is 506 g/mol. The summed E-state index contributed by atoms with van der Waals surface area (Å²) in [7, 11) is -4.26. The van der Waals surface area contributed by atoms with Gasteiger partial charge in [0.05, 0.1) is 18.0 Å². The zero-order valence-electron chi connectivity index (χ0n) is 17.1. The Bertz CT molecular complexity index is 1120. The number of likely N-dealkylation sites (N-methyl/N-ethyl adjacent to an activating group) is 2. The molecule has 1 aliphatic heterocycles. The summed E-state index contributed by atoms with van der Waals surface area (Å²) in [6.45, 7) is 1.74. The Kier molecular flexibility index (Phi) is 7.64. The van der Waals surface area contributed by atoms with Gasteiger partial charge in [-0.2, -0.15) is 4.31 Å². The molecule has 0 aliphatic carbocycles. The van der Waals surface area contributed by atoms with Crippen LogP contribution in [-0.2, 0) is 32.5 Å². The third-order valence-electron chi connectivity index (χ3n) is 4.74. The third kappa shape index (κ3) is 5.16. The van der Waals surface area contributed by atoms with Crippen LogP contribution in [0.5, 0.6) is 5.75 Å². The largest absolute Gasteiger partial charge is 0.415 e. The third-order valence-corrected chi connectivity index (χ3v) is 9.29. The highest BCUT2D eigenvalue weighted by Crippen LogP contribution is 2.41. The molecule has 3 rings (SSSR count). The van der Waals surface area contributed by atoms with E-state index < -0.39 is 38.5 Å². The Labute approximate surface area is 190 Å². The van der Waals surface area contributed by atoms with E-state index in [1.807, 2.05) is 0 Å². The summed E-state index contributed by atoms with van der Waals surface area (Å²) >= 11 is 0.819. The van der Waals surface area contributed by atoms with Crippen molar-refractivity contribution in [2.45, 2.75) is 28.0 Å². The Morgan fingerprint density at radius 3 is 2.72 bits per heavy atom. The lowest BCUT2D eigenvalue weighted by Gasteiger charge is -2.36. The first-order valence-electron chi connectivity index (χ1n) is 9.19. The van der Waals surface area contributed by atoms with Crippen LogP contribution in [0.1, 0.15) is 24.1 Å². The van der Waals surface area contributed by atoms with Gasteiger partial charge in [-0.25, -0.2) is 27.4 Å². The molecule has 0 spiro atoms. The van der Waals surface area contributed by atoms with Gasteiger partial charge in [-0.3, -0.25) is 15.3 Å². The standard InChI is InChI=1S/C17H22N4O8S3/c1-3-20(17(22)29-12-6-4-5-11(7-12)10-28-21(23)24)14-9-19(2)32(26,27)16-13(14)8-15(30-16)31(18)25/h4-8,14,23-24H,3,9-10,18H2,1-2H3/t14-,31?/m0/s1. The van der Waals surface area contributed by atoms with Crippen molar-refractivity contribution in [2.24, 2.45) is 5.14 Å². The van der Waals surface area contributed by atoms with Gasteiger partial charge in [-0.1, -0.05) is 12.1 Å². The zero-order valence-corrected chi connectivity index (χ0v) is 19.5. The fourth-order valence-corrected chi connectivity index (χ4v) is 7.06. The number of hydrogen-bond acceptors (Lipinski definition) is 10. The van der Waals surface area contributed by atoms with Crippen molar-refractivity contribution in [3.8, 4) is 5.75 Å². The van der Waals surface area contributed by atoms with Crippen LogP contribution in [0.2, 0.25) is 0 Å². The fourth-order valence-electron chi connectivity index (χ4n) is 3.21. The number of sulfonamides is 1. The number of carbonyl (C=O) groups is 1. The molecule has 1 aromatic carbocycles. The van der Waals surface area contributed by atoms with Gasteiger partial charge in [-0.15, -0.1) is 11.3 Å². The Morgan fingerprint density at radius 2 is 2.09 bits per heavy atom. The van der Waals surface area contributed by atoms with Crippen molar-refractivity contribution < 1.29 is 37.4 Å². The predicted octanol–water partition coefficient (Wildman–Crippen LogP) is 1.44. The van der Waals surface area contributed by atoms with E-state index >= 15 is 0 Å². The fraction of sp³-hybridized carbons (Fsp3) is 0.353. The number of thiophene rings is 1. The summed E-state index contributed by atoms with van der Waals surface area (Å²) in [4.78, 5) is 18.9. The molecule has 0 radical (unpaired) electrons. The second-order valence-corrected chi connectivity index (χ2v) is 11.3. The summed E-state index contributed by atoms with van der Waals surface area (Å²) in [6, 6.07) is 7.03. The lowest BCUT2D eigenvalue weighted by Crippen LogP contribution is -2.46. The normalized spacial score (nSPS) is 18.9. The van der Waals surface area contributed by atoms with E-state index in [1.54, 1.807) is 19.1 Å². The molecule has 2 aromatic rings. The van der Waals surface area contributed by atoms with Crippen LogP contribution >= 0.6 is 11.3 Å². The van der Waals surface area contributed by atoms with E-state index in [1.165, 1.54) is 30.1 Å². The number of fused-ring (bicyclic) bond motifs is 1. The number of amides is 1. The molecule has 15 heteroatoms. The predicted molar refractivity (Wildman–Crippen MR) is 113 cm³/mol. The van der Waals surface area contributed by atoms with Crippen LogP contribution < -0.4 is 9.88 Å². The van der Waals surface area contributed by atoms with Crippen LogP contribution in [0.4, 0.5) is 4.79 Å². The molecule has 1 amide bonds. The molecule has 0 fully saturated rings. The first-order valence-corrected chi connectivity index (χ1v) is 12.7. The smallest absolute Gasteiger partial charge is 0.410 e. The highest BCUT2D eigenvalue weighted by atomic mass is 32.3. The quantitative estimate of drug-likeness (QED) is 0.471. The number of benzene rings is 1. The first kappa shape index (κ1) is 24.7. The summed E-state index contributed by atoms with van der Waals surface area (Å²) in [5.74, 6) is 0.183. The summed E-state index contributed by atoms with van der Waals surface area (Å²) in [6.07, 6.45) is -0.721. The van der Waals surface area contributed by atoms with Crippen LogP contribution in [0, 0.1) is 0 Å². The summed E-state index contributed by atoms with van der Waals surface area (Å²) in [5, 5.41) is 22.3. The van der Waals surface area contributed by atoms with Crippen LogP contribution in [0.25, 0.3) is 0 Å². The Morgan fingerprint density at radius 1 is 1.38 bits per heavy atom. The molecular formula is C17H22N4O8S3. The minimum Gasteiger partial charge on any atom is -0.410 e. The number of nitrogens with two attached hydrogens (primary N) is 1. The maximum Gasteiger partial charge on any atom is 0.415 e. The number of carbonyl (C=O) groups excluding carboxylic acids is 1. The Balaban J connectivity index is 1.87. The molecular weight excluding hydrogens is 484 g/mol. The van der Waals surface area contributed by atoms with Crippen LogP contribution in [0.15, 0.2) is 38.8 Å². The molecule has 12 nitrogen and oxygen atoms in total. The highest BCUT2D eigenvalue weighted by molar-refractivity contribution is 7.92. The molecule has 2 heterocycles. The maximum atomic E-state index is 13.0. The molecule has 1 aliphatic rings. The molecule has 0 saturated carbocycles. The van der Waals surface area contributed by atoms with E-state index in [2.05, 4.69) is 4.84 Å². The molecule has 4 N–H and O–H groups in total. The summed E-state index contributed by atoms with van der Waals surface area (Å²) in [5.41, 5.74) is 0.846. The number of nitrogens with zero attached hydrogens (tertiary/aromatic N) is 3. The van der Waals surface area contributed by atoms with Crippen LogP contribution in [0.3, 0.4) is 0 Å². The molecule has 0 saturated heterocycles. The summed E-state index contributed by atoms with van der Waals surface area (Å²) < 4.78 is 44.0. The second kappa shape index (κ2) is 9.90. The maximum absolute atomic E-state index is 13.0. The topological polar surface area (TPSA) is 163 Å². The second-order valence-electron chi connectivity index (χ2n) is 6.73. The van der Waals surface area contributed by atoms with Crippen molar-refractivity contribution in [1.82, 2.24) is 14.6 Å². The molecule has 0 bridgehead atoms. The molecule has 1 unspecified atom stereocenters. The van der Waals surface area contributed by atoms with Crippen LogP contribution in [-0.4, -0.2) is 63.9 Å². The molecule has 176 valence electrons. The average Bonchev–Trinajstić information content (AvgIpc) is 3.18. The van der Waals surface area contributed by atoms with Gasteiger partial charge in [0.25, 0.3) is 10.0 Å². The van der Waals surface area contributed by atoms with E-state index in [-0.39, 0.29) is 33.9 Å². The minimum atomic E-state index is -3.79. The number of ether oxygens (including phenoxy) is 1. The molecule has 1 aromatic heterocycles. The zero-order chi connectivity index (χ0) is 23.6. The average molecular weight is 507 g/mol. The van der Waals surface area contributed by atoms with Gasteiger partial charge in [0, 0.05) is 25.7 Å². The lowest BCUT2D eigenvalue weighted by molar-refractivity contribution is -0.497. The van der Waals surface area contributed by atoms with E-state index in [4.69, 9.17) is 20.3 Å². The SMILES string of the molecule is CCN(C(=O)Oc1cccc(CON(O)O)c1)[C@H]1CN(C)S(=O)(=O)c2sc(S(N)=O)cc21. The minimum absolute atomic E-state index is 0.00647. The van der Waals surface area contributed by atoms with E-state index in [0.29, 0.717) is 11.1 Å². The van der Waals surface area contributed by atoms with Crippen molar-refractivity contribution in [3.05, 3.63) is 41.5 Å². The van der Waals surface area contributed by atoms with Gasteiger partial charge < -0.3 is 4.74 Å². The van der Waals surface area contributed by atoms with Crippen molar-refractivity contribution in [3.63, 3.8) is 0 Å². The lowest BCUT2D eigenvalue weighted by atomic mass is 10.1. The Hall–Kier alpha value is -1.95. The van der Waals surface area contributed by atoms with E-state index in [9.17, 15) is 17.4 Å². The van der Waals surface area contributed by atoms with Gasteiger partial charge in [0.15, 0.2) is 0 Å². The van der Waals surface area contributed by atoms with E-state index in [0.717, 1.165) is 15.6 Å². The van der Waals surface area contributed by atoms with Gasteiger partial charge in [-0.05, 0) is 30.7 Å². The van der Waals surface area contributed by atoms with Gasteiger partial charge in [0.1, 0.15) is 25.2 Å². The highest BCUT2D eigenvalue weighted by Gasteiger charge is 2.41. The van der Waals surface area contributed by atoms with Gasteiger partial charge >= 0.3 is 6.09 Å². The van der Waals surface area contributed by atoms with Crippen molar-refractivity contribution in [1.29, 1.82) is 0 Å². The first-order chi connectivity index (χ1) is 15.0. The number of hydrogen-bond donors (Lipinski definition) is 3. The van der Waals surface area contributed by atoms with Crippen molar-refractivity contribution >= 4 is 38.4 Å². The number of rotatable bonds is 7.